The van der Waals surface area contributed by atoms with E-state index in [1.54, 1.807) is 12.4 Å². The summed E-state index contributed by atoms with van der Waals surface area (Å²) in [5.74, 6) is 2.12. The van der Waals surface area contributed by atoms with E-state index in [1.807, 2.05) is 60.5 Å². The fraction of sp³-hybridized carbons (Fsp3) is 0.114. The molecule has 3 aromatic carbocycles. The molecular weight excluding hydrogens is 506 g/mol. The van der Waals surface area contributed by atoms with Gasteiger partial charge in [0.25, 0.3) is 0 Å². The first-order chi connectivity index (χ1) is 20.0. The first-order valence-electron chi connectivity index (χ1n) is 13.6. The lowest BCUT2D eigenvalue weighted by Gasteiger charge is -2.30. The molecule has 0 aliphatic carbocycles. The maximum atomic E-state index is 6.34. The first kappa shape index (κ1) is 26.0. The largest absolute Gasteiger partial charge is 0.439 e. The minimum atomic E-state index is -0.411. The third-order valence-corrected chi connectivity index (χ3v) is 7.30. The number of pyridine rings is 2. The van der Waals surface area contributed by atoms with Gasteiger partial charge in [0, 0.05) is 72.5 Å². The Kier molecular flexibility index (Phi) is 7.04. The number of nitrogens with zero attached hydrogens (tertiary/aromatic N) is 5. The van der Waals surface area contributed by atoms with Crippen molar-refractivity contribution in [3.05, 3.63) is 145 Å². The molecule has 3 heterocycles. The highest BCUT2D eigenvalue weighted by Crippen LogP contribution is 2.42. The normalized spacial score (nSPS) is 11.3. The van der Waals surface area contributed by atoms with Crippen molar-refractivity contribution in [2.75, 3.05) is 4.90 Å². The van der Waals surface area contributed by atoms with Gasteiger partial charge < -0.3 is 14.2 Å². The molecule has 0 radical (unpaired) electrons. The van der Waals surface area contributed by atoms with Crippen LogP contribution in [0.25, 0.3) is 11.4 Å². The van der Waals surface area contributed by atoms with Crippen LogP contribution >= 0.6 is 0 Å². The Balaban J connectivity index is 1.51. The number of aromatic nitrogens is 4. The lowest BCUT2D eigenvalue weighted by molar-refractivity contribution is 0.461. The summed E-state index contributed by atoms with van der Waals surface area (Å²) in [6, 6.07) is 35.0. The van der Waals surface area contributed by atoms with Gasteiger partial charge in [0.05, 0.1) is 5.69 Å². The lowest BCUT2D eigenvalue weighted by Crippen LogP contribution is -2.20. The molecule has 6 aromatic rings. The Hall–Kier alpha value is -5.23. The van der Waals surface area contributed by atoms with Gasteiger partial charge in [-0.25, -0.2) is 9.97 Å². The van der Waals surface area contributed by atoms with E-state index < -0.39 is 5.41 Å². The highest BCUT2D eigenvalue weighted by atomic mass is 16.5. The average Bonchev–Trinajstić information content (AvgIpc) is 3.45. The van der Waals surface area contributed by atoms with E-state index in [1.165, 1.54) is 0 Å². The van der Waals surface area contributed by atoms with Crippen LogP contribution in [0.2, 0.25) is 0 Å². The average molecular weight is 538 g/mol. The van der Waals surface area contributed by atoms with Gasteiger partial charge in [-0.05, 0) is 59.7 Å². The SMILES string of the molecule is Cn1ccnc1-c1cncc(C(C)(C)c2cc(Oc3ccccn3)cc(N(c3ccccc3)c3ccccc3)c2)c1. The molecule has 0 bridgehead atoms. The van der Waals surface area contributed by atoms with Crippen LogP contribution in [0.15, 0.2) is 134 Å². The number of anilines is 3. The first-order valence-corrected chi connectivity index (χ1v) is 13.6. The highest BCUT2D eigenvalue weighted by molar-refractivity contribution is 5.78. The number of para-hydroxylation sites is 2. The van der Waals surface area contributed by atoms with E-state index in [2.05, 4.69) is 106 Å². The third kappa shape index (κ3) is 5.45. The molecule has 0 atom stereocenters. The second kappa shape index (κ2) is 11.1. The molecule has 3 aromatic heterocycles. The van der Waals surface area contributed by atoms with Crippen molar-refractivity contribution < 1.29 is 4.74 Å². The van der Waals surface area contributed by atoms with Crippen LogP contribution in [0.5, 0.6) is 11.6 Å². The van der Waals surface area contributed by atoms with Crippen LogP contribution in [0, 0.1) is 0 Å². The predicted octanol–water partition coefficient (Wildman–Crippen LogP) is 8.47. The Labute approximate surface area is 240 Å². The zero-order chi connectivity index (χ0) is 28.2. The smallest absolute Gasteiger partial charge is 0.219 e. The number of imidazole rings is 1. The summed E-state index contributed by atoms with van der Waals surface area (Å²) < 4.78 is 8.35. The molecule has 0 saturated heterocycles. The fourth-order valence-corrected chi connectivity index (χ4v) is 4.98. The number of hydrogen-bond donors (Lipinski definition) is 0. The summed E-state index contributed by atoms with van der Waals surface area (Å²) in [5, 5.41) is 0. The number of ether oxygens (including phenoxy) is 1. The molecule has 0 aliphatic rings. The molecular formula is C35H31N5O. The number of aryl methyl sites for hydroxylation is 1. The lowest BCUT2D eigenvalue weighted by atomic mass is 9.78. The van der Waals surface area contributed by atoms with Gasteiger partial charge in [0.15, 0.2) is 0 Å². The van der Waals surface area contributed by atoms with E-state index in [0.29, 0.717) is 11.6 Å². The zero-order valence-corrected chi connectivity index (χ0v) is 23.3. The monoisotopic (exact) mass is 537 g/mol. The molecule has 0 amide bonds. The van der Waals surface area contributed by atoms with E-state index in [-0.39, 0.29) is 0 Å². The van der Waals surface area contributed by atoms with E-state index in [9.17, 15) is 0 Å². The Morgan fingerprint density at radius 2 is 1.39 bits per heavy atom. The van der Waals surface area contributed by atoms with Crippen molar-refractivity contribution in [3.8, 4) is 23.0 Å². The molecule has 41 heavy (non-hydrogen) atoms. The minimum Gasteiger partial charge on any atom is -0.439 e. The van der Waals surface area contributed by atoms with Gasteiger partial charge in [-0.15, -0.1) is 0 Å². The van der Waals surface area contributed by atoms with Crippen molar-refractivity contribution in [1.82, 2.24) is 19.5 Å². The predicted molar refractivity (Wildman–Crippen MR) is 164 cm³/mol. The standard InChI is InChI=1S/C35H31N5O/c1-35(2,28-20-26(24-36-25-28)34-38-18-19-39(34)3)27-21-31(23-32(22-27)41-33-16-10-11-17-37-33)40(29-12-6-4-7-13-29)30-14-8-5-9-15-30/h4-25H,1-3H3. The van der Waals surface area contributed by atoms with Crippen molar-refractivity contribution >= 4 is 17.1 Å². The van der Waals surface area contributed by atoms with E-state index in [4.69, 9.17) is 4.74 Å². The molecule has 0 unspecified atom stereocenters. The summed E-state index contributed by atoms with van der Waals surface area (Å²) in [5.41, 5.74) is 5.80. The molecule has 0 aliphatic heterocycles. The molecule has 0 spiro atoms. The van der Waals surface area contributed by atoms with Gasteiger partial charge in [0.1, 0.15) is 11.6 Å². The molecule has 0 N–H and O–H groups in total. The summed E-state index contributed by atoms with van der Waals surface area (Å²) >= 11 is 0. The van der Waals surface area contributed by atoms with Gasteiger partial charge in [0.2, 0.25) is 5.88 Å². The van der Waals surface area contributed by atoms with Crippen LogP contribution in [-0.4, -0.2) is 19.5 Å². The van der Waals surface area contributed by atoms with Crippen LogP contribution in [0.3, 0.4) is 0 Å². The van der Waals surface area contributed by atoms with E-state index in [0.717, 1.165) is 39.6 Å². The number of benzene rings is 3. The van der Waals surface area contributed by atoms with Gasteiger partial charge in [-0.2, -0.15) is 0 Å². The van der Waals surface area contributed by atoms with Crippen LogP contribution in [0.1, 0.15) is 25.0 Å². The fourth-order valence-electron chi connectivity index (χ4n) is 4.98. The molecule has 6 heteroatoms. The second-order valence-corrected chi connectivity index (χ2v) is 10.4. The zero-order valence-electron chi connectivity index (χ0n) is 23.3. The Bertz CT molecular complexity index is 1710. The number of rotatable bonds is 8. The topological polar surface area (TPSA) is 56.1 Å². The second-order valence-electron chi connectivity index (χ2n) is 10.4. The molecule has 6 nitrogen and oxygen atoms in total. The third-order valence-electron chi connectivity index (χ3n) is 7.30. The van der Waals surface area contributed by atoms with E-state index >= 15 is 0 Å². The van der Waals surface area contributed by atoms with Crippen molar-refractivity contribution in [2.24, 2.45) is 7.05 Å². The summed E-state index contributed by atoms with van der Waals surface area (Å²) in [4.78, 5) is 15.8. The van der Waals surface area contributed by atoms with Crippen molar-refractivity contribution in [2.45, 2.75) is 19.3 Å². The Morgan fingerprint density at radius 1 is 0.683 bits per heavy atom. The maximum absolute atomic E-state index is 6.34. The summed E-state index contributed by atoms with van der Waals surface area (Å²) in [7, 11) is 1.99. The van der Waals surface area contributed by atoms with Crippen LogP contribution in [-0.2, 0) is 12.5 Å². The molecule has 0 fully saturated rings. The number of hydrogen-bond acceptors (Lipinski definition) is 5. The summed E-state index contributed by atoms with van der Waals surface area (Å²) in [6.07, 6.45) is 9.28. The molecule has 6 rings (SSSR count). The van der Waals surface area contributed by atoms with Crippen molar-refractivity contribution in [1.29, 1.82) is 0 Å². The van der Waals surface area contributed by atoms with Crippen LogP contribution in [0.4, 0.5) is 17.1 Å². The highest BCUT2D eigenvalue weighted by Gasteiger charge is 2.27. The maximum Gasteiger partial charge on any atom is 0.219 e. The quantitative estimate of drug-likeness (QED) is 0.195. The van der Waals surface area contributed by atoms with Crippen molar-refractivity contribution in [3.63, 3.8) is 0 Å². The summed E-state index contributed by atoms with van der Waals surface area (Å²) in [6.45, 7) is 4.43. The van der Waals surface area contributed by atoms with Gasteiger partial charge in [-0.3, -0.25) is 4.98 Å². The Morgan fingerprint density at radius 3 is 2.02 bits per heavy atom. The molecule has 0 saturated carbocycles. The van der Waals surface area contributed by atoms with Gasteiger partial charge in [-0.1, -0.05) is 56.3 Å². The van der Waals surface area contributed by atoms with Crippen LogP contribution < -0.4 is 9.64 Å². The minimum absolute atomic E-state index is 0.411. The van der Waals surface area contributed by atoms with Gasteiger partial charge >= 0.3 is 0 Å². The molecule has 202 valence electrons.